The highest BCUT2D eigenvalue weighted by Crippen LogP contribution is 2.31. The van der Waals surface area contributed by atoms with Gasteiger partial charge >= 0.3 is 0 Å². The van der Waals surface area contributed by atoms with E-state index in [9.17, 15) is 0 Å². The molecule has 0 amide bonds. The van der Waals surface area contributed by atoms with Crippen molar-refractivity contribution < 1.29 is 0 Å². The maximum Gasteiger partial charge on any atom is 0.105 e. The van der Waals surface area contributed by atoms with Crippen molar-refractivity contribution in [3.05, 3.63) is 28.8 Å². The Balaban J connectivity index is 2.28. The van der Waals surface area contributed by atoms with E-state index in [4.69, 9.17) is 29.6 Å². The molecule has 1 aliphatic rings. The largest absolute Gasteiger partial charge is 0.389 e. The van der Waals surface area contributed by atoms with Gasteiger partial charge in [0.25, 0.3) is 0 Å². The Labute approximate surface area is 119 Å². The highest BCUT2D eigenvalue weighted by molar-refractivity contribution is 7.80. The molecule has 2 atom stereocenters. The average Bonchev–Trinajstić information content (AvgIpc) is 2.32. The molecule has 1 saturated heterocycles. The van der Waals surface area contributed by atoms with E-state index in [0.29, 0.717) is 22.0 Å². The van der Waals surface area contributed by atoms with E-state index in [-0.39, 0.29) is 0 Å². The van der Waals surface area contributed by atoms with Crippen LogP contribution in [-0.4, -0.2) is 17.6 Å². The van der Waals surface area contributed by atoms with Gasteiger partial charge in [0.15, 0.2) is 0 Å². The Morgan fingerprint density at radius 2 is 2.17 bits per heavy atom. The Bertz CT molecular complexity index is 461. The lowest BCUT2D eigenvalue weighted by atomic mass is 9.91. The minimum absolute atomic E-state index is 0.353. The monoisotopic (exact) mass is 282 g/mol. The van der Waals surface area contributed by atoms with Crippen molar-refractivity contribution in [3.63, 3.8) is 0 Å². The Morgan fingerprint density at radius 3 is 2.78 bits per heavy atom. The van der Waals surface area contributed by atoms with Gasteiger partial charge in [0.2, 0.25) is 0 Å². The minimum Gasteiger partial charge on any atom is -0.389 e. The molecular formula is C14H19ClN2S. The second-order valence-electron chi connectivity index (χ2n) is 5.08. The van der Waals surface area contributed by atoms with Gasteiger partial charge in [-0.25, -0.2) is 0 Å². The molecule has 2 nitrogen and oxygen atoms in total. The third-order valence-corrected chi connectivity index (χ3v) is 4.46. The van der Waals surface area contributed by atoms with Gasteiger partial charge in [0, 0.05) is 23.8 Å². The predicted molar refractivity (Wildman–Crippen MR) is 82.5 cm³/mol. The smallest absolute Gasteiger partial charge is 0.105 e. The van der Waals surface area contributed by atoms with E-state index in [1.165, 1.54) is 18.5 Å². The maximum atomic E-state index is 6.23. The zero-order chi connectivity index (χ0) is 13.3. The molecule has 2 rings (SSSR count). The van der Waals surface area contributed by atoms with Crippen LogP contribution in [-0.2, 0) is 0 Å². The van der Waals surface area contributed by atoms with Gasteiger partial charge in [0.1, 0.15) is 4.99 Å². The first kappa shape index (κ1) is 13.6. The molecular weight excluding hydrogens is 264 g/mol. The molecule has 1 heterocycles. The Kier molecular flexibility index (Phi) is 4.13. The molecule has 0 radical (unpaired) electrons. The van der Waals surface area contributed by atoms with Crippen molar-refractivity contribution >= 4 is 34.5 Å². The summed E-state index contributed by atoms with van der Waals surface area (Å²) in [5.74, 6) is 0.716. The molecule has 1 aliphatic heterocycles. The molecule has 1 aromatic rings. The second-order valence-corrected chi connectivity index (χ2v) is 5.93. The standard InChI is InChI=1S/C14H19ClN2S/c1-9-4-3-7-17(10(9)2)11-5-6-12(14(16)18)13(15)8-11/h5-6,8-10H,3-4,7H2,1-2H3,(H2,16,18). The summed E-state index contributed by atoms with van der Waals surface area (Å²) in [5.41, 5.74) is 7.55. The van der Waals surface area contributed by atoms with E-state index < -0.39 is 0 Å². The molecule has 0 bridgehead atoms. The van der Waals surface area contributed by atoms with Crippen molar-refractivity contribution in [1.29, 1.82) is 0 Å². The maximum absolute atomic E-state index is 6.23. The predicted octanol–water partition coefficient (Wildman–Crippen LogP) is 3.60. The molecule has 2 N–H and O–H groups in total. The molecule has 1 fully saturated rings. The number of anilines is 1. The second kappa shape index (κ2) is 5.45. The van der Waals surface area contributed by atoms with Crippen LogP contribution in [0, 0.1) is 5.92 Å². The number of piperidine rings is 1. The van der Waals surface area contributed by atoms with Crippen LogP contribution in [0.2, 0.25) is 5.02 Å². The van der Waals surface area contributed by atoms with Crippen LogP contribution in [0.1, 0.15) is 32.3 Å². The number of hydrogen-bond donors (Lipinski definition) is 1. The van der Waals surface area contributed by atoms with E-state index >= 15 is 0 Å². The number of hydrogen-bond acceptors (Lipinski definition) is 2. The van der Waals surface area contributed by atoms with E-state index in [1.807, 2.05) is 12.1 Å². The number of benzene rings is 1. The fraction of sp³-hybridized carbons (Fsp3) is 0.500. The van der Waals surface area contributed by atoms with Crippen LogP contribution in [0.4, 0.5) is 5.69 Å². The molecule has 2 unspecified atom stereocenters. The molecule has 98 valence electrons. The number of rotatable bonds is 2. The van der Waals surface area contributed by atoms with Crippen LogP contribution >= 0.6 is 23.8 Å². The summed E-state index contributed by atoms with van der Waals surface area (Å²) in [5, 5.41) is 0.644. The lowest BCUT2D eigenvalue weighted by Gasteiger charge is -2.39. The topological polar surface area (TPSA) is 29.3 Å². The molecule has 0 aliphatic carbocycles. The zero-order valence-electron chi connectivity index (χ0n) is 10.8. The molecule has 1 aromatic carbocycles. The third kappa shape index (κ3) is 2.62. The Morgan fingerprint density at radius 1 is 1.44 bits per heavy atom. The van der Waals surface area contributed by atoms with Crippen LogP contribution in [0.5, 0.6) is 0 Å². The average molecular weight is 283 g/mol. The highest BCUT2D eigenvalue weighted by atomic mass is 35.5. The lowest BCUT2D eigenvalue weighted by Crippen LogP contribution is -2.42. The zero-order valence-corrected chi connectivity index (χ0v) is 12.4. The van der Waals surface area contributed by atoms with E-state index in [2.05, 4.69) is 24.8 Å². The Hall–Kier alpha value is -0.800. The van der Waals surface area contributed by atoms with Gasteiger partial charge < -0.3 is 10.6 Å². The van der Waals surface area contributed by atoms with Gasteiger partial charge in [-0.2, -0.15) is 0 Å². The van der Waals surface area contributed by atoms with Crippen molar-refractivity contribution in [2.45, 2.75) is 32.7 Å². The summed E-state index contributed by atoms with van der Waals surface area (Å²) in [6.07, 6.45) is 2.54. The summed E-state index contributed by atoms with van der Waals surface area (Å²) in [6.45, 7) is 5.68. The first-order chi connectivity index (χ1) is 8.50. The van der Waals surface area contributed by atoms with E-state index in [1.54, 1.807) is 0 Å². The molecule has 18 heavy (non-hydrogen) atoms. The normalized spacial score (nSPS) is 24.1. The van der Waals surface area contributed by atoms with Gasteiger partial charge in [-0.15, -0.1) is 0 Å². The fourth-order valence-electron chi connectivity index (χ4n) is 2.58. The van der Waals surface area contributed by atoms with Gasteiger partial charge in [-0.05, 0) is 43.9 Å². The van der Waals surface area contributed by atoms with Crippen LogP contribution < -0.4 is 10.6 Å². The molecule has 0 aromatic heterocycles. The molecule has 0 spiro atoms. The van der Waals surface area contributed by atoms with Gasteiger partial charge in [0.05, 0.1) is 5.02 Å². The summed E-state index contributed by atoms with van der Waals surface area (Å²) in [7, 11) is 0. The van der Waals surface area contributed by atoms with Crippen molar-refractivity contribution in [1.82, 2.24) is 0 Å². The van der Waals surface area contributed by atoms with Crippen LogP contribution in [0.3, 0.4) is 0 Å². The first-order valence-corrected chi connectivity index (χ1v) is 7.15. The summed E-state index contributed by atoms with van der Waals surface area (Å²) in [6, 6.07) is 6.51. The van der Waals surface area contributed by atoms with Crippen LogP contribution in [0.25, 0.3) is 0 Å². The highest BCUT2D eigenvalue weighted by Gasteiger charge is 2.25. The van der Waals surface area contributed by atoms with Gasteiger partial charge in [-0.1, -0.05) is 30.7 Å². The quantitative estimate of drug-likeness (QED) is 0.841. The van der Waals surface area contributed by atoms with Crippen LogP contribution in [0.15, 0.2) is 18.2 Å². The number of halogens is 1. The number of nitrogens with two attached hydrogens (primary N) is 1. The molecule has 0 saturated carbocycles. The first-order valence-electron chi connectivity index (χ1n) is 6.36. The lowest BCUT2D eigenvalue weighted by molar-refractivity contribution is 0.363. The van der Waals surface area contributed by atoms with Gasteiger partial charge in [-0.3, -0.25) is 0 Å². The minimum atomic E-state index is 0.353. The number of nitrogens with zero attached hydrogens (tertiary/aromatic N) is 1. The molecule has 4 heteroatoms. The number of thiocarbonyl (C=S) groups is 1. The summed E-state index contributed by atoms with van der Waals surface area (Å²) >= 11 is 11.2. The SMILES string of the molecule is CC1CCCN(c2ccc(C(N)=S)c(Cl)c2)C1C. The summed E-state index contributed by atoms with van der Waals surface area (Å²) in [4.78, 5) is 2.77. The van der Waals surface area contributed by atoms with Crippen molar-refractivity contribution in [2.75, 3.05) is 11.4 Å². The third-order valence-electron chi connectivity index (χ3n) is 3.92. The fourth-order valence-corrected chi connectivity index (χ4v) is 3.09. The van der Waals surface area contributed by atoms with E-state index in [0.717, 1.165) is 12.1 Å². The summed E-state index contributed by atoms with van der Waals surface area (Å²) < 4.78 is 0. The van der Waals surface area contributed by atoms with Crippen molar-refractivity contribution in [3.8, 4) is 0 Å². The van der Waals surface area contributed by atoms with Crippen molar-refractivity contribution in [2.24, 2.45) is 11.7 Å².